The highest BCUT2D eigenvalue weighted by Gasteiger charge is 2.15. The number of hydrogen-bond acceptors (Lipinski definition) is 4. The first-order valence-electron chi connectivity index (χ1n) is 6.97. The van der Waals surface area contributed by atoms with Gasteiger partial charge in [-0.2, -0.15) is 5.10 Å². The second kappa shape index (κ2) is 5.45. The van der Waals surface area contributed by atoms with E-state index in [9.17, 15) is 4.39 Å². The normalized spacial score (nSPS) is 11.3. The summed E-state index contributed by atoms with van der Waals surface area (Å²) >= 11 is 2.21. The molecule has 2 aromatic carbocycles. The SMILES string of the molecule is Cc1cnc2c(cc(I)c3nncc32)c(-c2ccccc2F)n1. The lowest BCUT2D eigenvalue weighted by molar-refractivity contribution is 0.631. The molecule has 0 fully saturated rings. The average Bonchev–Trinajstić information content (AvgIpc) is 2.97. The maximum Gasteiger partial charge on any atom is 0.132 e. The summed E-state index contributed by atoms with van der Waals surface area (Å²) in [5, 5.41) is 9.76. The molecule has 112 valence electrons. The van der Waals surface area contributed by atoms with Gasteiger partial charge in [0.2, 0.25) is 0 Å². The van der Waals surface area contributed by atoms with Gasteiger partial charge in [0.15, 0.2) is 0 Å². The van der Waals surface area contributed by atoms with Crippen LogP contribution in [0, 0.1) is 16.3 Å². The van der Waals surface area contributed by atoms with Gasteiger partial charge in [0.25, 0.3) is 0 Å². The minimum absolute atomic E-state index is 0.305. The van der Waals surface area contributed by atoms with Crippen LogP contribution in [0.2, 0.25) is 0 Å². The molecule has 0 saturated heterocycles. The van der Waals surface area contributed by atoms with Gasteiger partial charge < -0.3 is 0 Å². The molecule has 0 saturated carbocycles. The fourth-order valence-electron chi connectivity index (χ4n) is 2.62. The Bertz CT molecular complexity index is 1070. The predicted octanol–water partition coefficient (Wildman–Crippen LogP) is 4.29. The van der Waals surface area contributed by atoms with Crippen LogP contribution >= 0.6 is 22.6 Å². The van der Waals surface area contributed by atoms with Crippen LogP contribution in [-0.2, 0) is 0 Å². The maximum absolute atomic E-state index is 14.3. The fraction of sp³-hybridized carbons (Fsp3) is 0.0588. The van der Waals surface area contributed by atoms with Crippen LogP contribution in [0.25, 0.3) is 33.1 Å². The first-order valence-corrected chi connectivity index (χ1v) is 8.05. The second-order valence-electron chi connectivity index (χ2n) is 5.20. The quantitative estimate of drug-likeness (QED) is 0.435. The van der Waals surface area contributed by atoms with Gasteiger partial charge in [0.1, 0.15) is 11.3 Å². The highest BCUT2D eigenvalue weighted by Crippen LogP contribution is 2.33. The molecule has 0 bridgehead atoms. The first kappa shape index (κ1) is 14.4. The minimum Gasteiger partial charge on any atom is -0.254 e. The van der Waals surface area contributed by atoms with Crippen LogP contribution in [0.15, 0.2) is 42.7 Å². The van der Waals surface area contributed by atoms with Crippen LogP contribution in [0.3, 0.4) is 0 Å². The lowest BCUT2D eigenvalue weighted by Gasteiger charge is -2.05. The number of hydrogen-bond donors (Lipinski definition) is 0. The zero-order valence-electron chi connectivity index (χ0n) is 12.1. The monoisotopic (exact) mass is 416 g/mol. The van der Waals surface area contributed by atoms with E-state index in [-0.39, 0.29) is 5.82 Å². The molecule has 0 atom stereocenters. The summed E-state index contributed by atoms with van der Waals surface area (Å²) in [6.07, 6.45) is 3.37. The maximum atomic E-state index is 14.3. The summed E-state index contributed by atoms with van der Waals surface area (Å²) in [7, 11) is 0. The number of halogens is 2. The number of aryl methyl sites for hydroxylation is 1. The van der Waals surface area contributed by atoms with E-state index in [1.54, 1.807) is 30.6 Å². The Morgan fingerprint density at radius 1 is 1.04 bits per heavy atom. The van der Waals surface area contributed by atoms with Crippen molar-refractivity contribution in [3.05, 3.63) is 57.8 Å². The molecule has 23 heavy (non-hydrogen) atoms. The van der Waals surface area contributed by atoms with Crippen molar-refractivity contribution in [2.24, 2.45) is 0 Å². The summed E-state index contributed by atoms with van der Waals surface area (Å²) in [5.74, 6) is -0.305. The lowest BCUT2D eigenvalue weighted by Crippen LogP contribution is -1.89. The number of nitrogens with zero attached hydrogens (tertiary/aromatic N) is 4. The van der Waals surface area contributed by atoms with E-state index in [2.05, 4.69) is 42.8 Å². The minimum atomic E-state index is -0.305. The molecule has 0 radical (unpaired) electrons. The Morgan fingerprint density at radius 3 is 2.70 bits per heavy atom. The molecule has 0 aliphatic rings. The molecule has 0 aliphatic heterocycles. The topological polar surface area (TPSA) is 51.6 Å². The molecule has 0 amide bonds. The molecule has 2 heterocycles. The number of benzene rings is 2. The Kier molecular flexibility index (Phi) is 3.41. The second-order valence-corrected chi connectivity index (χ2v) is 6.36. The van der Waals surface area contributed by atoms with Gasteiger partial charge in [0.05, 0.1) is 23.1 Å². The summed E-state index contributed by atoms with van der Waals surface area (Å²) in [6.45, 7) is 1.85. The zero-order chi connectivity index (χ0) is 16.0. The van der Waals surface area contributed by atoms with E-state index in [1.165, 1.54) is 6.07 Å². The summed E-state index contributed by atoms with van der Waals surface area (Å²) < 4.78 is 15.3. The third-order valence-electron chi connectivity index (χ3n) is 3.66. The van der Waals surface area contributed by atoms with E-state index < -0.39 is 0 Å². The molecule has 0 aliphatic carbocycles. The Morgan fingerprint density at radius 2 is 1.87 bits per heavy atom. The lowest BCUT2D eigenvalue weighted by atomic mass is 10.0. The third kappa shape index (κ3) is 2.33. The molecule has 0 unspecified atom stereocenters. The molecule has 0 N–H and O–H groups in total. The van der Waals surface area contributed by atoms with Gasteiger partial charge >= 0.3 is 0 Å². The number of rotatable bonds is 1. The molecular weight excluding hydrogens is 406 g/mol. The molecule has 6 heteroatoms. The van der Waals surface area contributed by atoms with Crippen molar-refractivity contribution in [1.29, 1.82) is 0 Å². The molecule has 4 nitrogen and oxygen atoms in total. The molecule has 4 aromatic rings. The predicted molar refractivity (Wildman–Crippen MR) is 95.5 cm³/mol. The van der Waals surface area contributed by atoms with Crippen LogP contribution in [0.1, 0.15) is 5.69 Å². The van der Waals surface area contributed by atoms with Crippen molar-refractivity contribution in [2.45, 2.75) is 6.92 Å². The van der Waals surface area contributed by atoms with E-state index in [0.29, 0.717) is 11.3 Å². The average molecular weight is 416 g/mol. The highest BCUT2D eigenvalue weighted by molar-refractivity contribution is 14.1. The van der Waals surface area contributed by atoms with Crippen LogP contribution < -0.4 is 0 Å². The molecular formula is C17H10FIN4. The largest absolute Gasteiger partial charge is 0.254 e. The van der Waals surface area contributed by atoms with Crippen LogP contribution in [0.4, 0.5) is 4.39 Å². The number of fused-ring (bicyclic) bond motifs is 3. The summed E-state index contributed by atoms with van der Waals surface area (Å²) in [4.78, 5) is 9.11. The van der Waals surface area contributed by atoms with Gasteiger partial charge in [-0.25, -0.2) is 4.39 Å². The van der Waals surface area contributed by atoms with Gasteiger partial charge in [-0.15, -0.1) is 5.10 Å². The van der Waals surface area contributed by atoms with Crippen molar-refractivity contribution in [3.8, 4) is 11.3 Å². The summed E-state index contributed by atoms with van der Waals surface area (Å²) in [5.41, 5.74) is 3.28. The molecule has 4 rings (SSSR count). The van der Waals surface area contributed by atoms with Crippen LogP contribution in [-0.4, -0.2) is 20.2 Å². The first-order chi connectivity index (χ1) is 11.1. The Balaban J connectivity index is 2.24. The number of aromatic nitrogens is 4. The van der Waals surface area contributed by atoms with Crippen molar-refractivity contribution < 1.29 is 4.39 Å². The smallest absolute Gasteiger partial charge is 0.132 e. The van der Waals surface area contributed by atoms with Crippen LogP contribution in [0.5, 0.6) is 0 Å². The standard InChI is InChI=1S/C17H10FIN4/c1-9-7-20-15-11(6-14(19)17-12(15)8-21-23-17)16(22-9)10-4-2-3-5-13(10)18/h2-8H,1H3. The Hall–Kier alpha value is -2.22. The molecule has 0 spiro atoms. The van der Waals surface area contributed by atoms with E-state index in [1.807, 2.05) is 13.0 Å². The van der Waals surface area contributed by atoms with Crippen molar-refractivity contribution in [2.75, 3.05) is 0 Å². The molecule has 2 aromatic heterocycles. The third-order valence-corrected chi connectivity index (χ3v) is 4.48. The van der Waals surface area contributed by atoms with Crippen molar-refractivity contribution in [3.63, 3.8) is 0 Å². The van der Waals surface area contributed by atoms with E-state index in [0.717, 1.165) is 31.1 Å². The van der Waals surface area contributed by atoms with Gasteiger partial charge in [-0.1, -0.05) is 12.1 Å². The van der Waals surface area contributed by atoms with Gasteiger partial charge in [-0.05, 0) is 47.7 Å². The van der Waals surface area contributed by atoms with E-state index in [4.69, 9.17) is 0 Å². The summed E-state index contributed by atoms with van der Waals surface area (Å²) in [6, 6.07) is 8.58. The Labute approximate surface area is 144 Å². The van der Waals surface area contributed by atoms with Crippen molar-refractivity contribution in [1.82, 2.24) is 20.2 Å². The van der Waals surface area contributed by atoms with Gasteiger partial charge in [0, 0.05) is 26.1 Å². The van der Waals surface area contributed by atoms with Gasteiger partial charge in [-0.3, -0.25) is 9.97 Å². The fourth-order valence-corrected chi connectivity index (χ4v) is 3.33. The zero-order valence-corrected chi connectivity index (χ0v) is 14.2. The van der Waals surface area contributed by atoms with E-state index >= 15 is 0 Å². The van der Waals surface area contributed by atoms with Crippen molar-refractivity contribution >= 4 is 44.4 Å². The highest BCUT2D eigenvalue weighted by atomic mass is 127.